The Hall–Kier alpha value is -1.82. The number of rotatable bonds is 1. The van der Waals surface area contributed by atoms with E-state index < -0.39 is 11.7 Å². The summed E-state index contributed by atoms with van der Waals surface area (Å²) in [5.41, 5.74) is 2.57. The van der Waals surface area contributed by atoms with Crippen molar-refractivity contribution in [1.82, 2.24) is 0 Å². The van der Waals surface area contributed by atoms with Crippen molar-refractivity contribution in [2.75, 3.05) is 5.32 Å². The van der Waals surface area contributed by atoms with Crippen LogP contribution in [0, 0.1) is 5.92 Å². The van der Waals surface area contributed by atoms with Crippen LogP contribution < -0.4 is 5.32 Å². The zero-order valence-electron chi connectivity index (χ0n) is 13.7. The molecule has 1 amide bonds. The van der Waals surface area contributed by atoms with Crippen LogP contribution in [-0.4, -0.2) is 5.91 Å². The Bertz CT molecular complexity index is 822. The third-order valence-electron chi connectivity index (χ3n) is 5.18. The topological polar surface area (TPSA) is 29.1 Å². The Morgan fingerprint density at radius 1 is 1.16 bits per heavy atom. The van der Waals surface area contributed by atoms with Crippen LogP contribution in [0.5, 0.6) is 0 Å². The van der Waals surface area contributed by atoms with Gasteiger partial charge in [0, 0.05) is 17.2 Å². The van der Waals surface area contributed by atoms with E-state index >= 15 is 0 Å². The van der Waals surface area contributed by atoms with Crippen LogP contribution in [0.2, 0.25) is 0 Å². The maximum atomic E-state index is 12.8. The number of halogens is 3. The van der Waals surface area contributed by atoms with Gasteiger partial charge in [0.05, 0.1) is 10.6 Å². The Morgan fingerprint density at radius 3 is 2.56 bits per heavy atom. The molecular weight excluding hydrogens is 347 g/mol. The molecule has 2 atom stereocenters. The van der Waals surface area contributed by atoms with E-state index in [2.05, 4.69) is 12.2 Å². The molecule has 1 aliphatic carbocycles. The van der Waals surface area contributed by atoms with Crippen molar-refractivity contribution < 1.29 is 18.0 Å². The SMILES string of the molecule is C[C@@H]1CCc2c(sc3c2[C@@H](c2ccc(C(F)(F)F)cc2)CC(=O)N3)C1. The smallest absolute Gasteiger partial charge is 0.317 e. The van der Waals surface area contributed by atoms with Gasteiger partial charge in [0.1, 0.15) is 0 Å². The lowest BCUT2D eigenvalue weighted by atomic mass is 9.80. The zero-order valence-corrected chi connectivity index (χ0v) is 14.6. The molecule has 132 valence electrons. The third-order valence-corrected chi connectivity index (χ3v) is 6.37. The van der Waals surface area contributed by atoms with Gasteiger partial charge in [0.25, 0.3) is 0 Å². The van der Waals surface area contributed by atoms with Gasteiger partial charge in [0.2, 0.25) is 5.91 Å². The number of alkyl halides is 3. The highest BCUT2D eigenvalue weighted by Crippen LogP contribution is 2.48. The Morgan fingerprint density at radius 2 is 1.88 bits per heavy atom. The molecule has 25 heavy (non-hydrogen) atoms. The number of carbonyl (C=O) groups is 1. The molecule has 0 saturated carbocycles. The van der Waals surface area contributed by atoms with E-state index in [1.54, 1.807) is 11.3 Å². The first-order chi connectivity index (χ1) is 11.8. The van der Waals surface area contributed by atoms with E-state index in [0.29, 0.717) is 5.92 Å². The Kier molecular flexibility index (Phi) is 3.90. The molecule has 0 fully saturated rings. The van der Waals surface area contributed by atoms with Crippen molar-refractivity contribution >= 4 is 22.2 Å². The van der Waals surface area contributed by atoms with E-state index in [0.717, 1.165) is 47.5 Å². The van der Waals surface area contributed by atoms with Gasteiger partial charge in [0.15, 0.2) is 0 Å². The summed E-state index contributed by atoms with van der Waals surface area (Å²) in [6, 6.07) is 5.27. The molecule has 2 heterocycles. The predicted molar refractivity (Wildman–Crippen MR) is 92.0 cm³/mol. The molecule has 1 N–H and O–H groups in total. The van der Waals surface area contributed by atoms with Crippen LogP contribution in [0.4, 0.5) is 18.2 Å². The van der Waals surface area contributed by atoms with E-state index in [4.69, 9.17) is 0 Å². The summed E-state index contributed by atoms with van der Waals surface area (Å²) in [7, 11) is 0. The minimum Gasteiger partial charge on any atom is -0.317 e. The summed E-state index contributed by atoms with van der Waals surface area (Å²) >= 11 is 1.64. The summed E-state index contributed by atoms with van der Waals surface area (Å²) in [6.07, 6.45) is -0.940. The molecule has 0 spiro atoms. The summed E-state index contributed by atoms with van der Waals surface area (Å²) in [4.78, 5) is 13.5. The molecule has 6 heteroatoms. The molecule has 0 bridgehead atoms. The molecule has 2 nitrogen and oxygen atoms in total. The number of hydrogen-bond acceptors (Lipinski definition) is 2. The molecule has 1 aliphatic heterocycles. The second kappa shape index (κ2) is 5.87. The first-order valence-corrected chi connectivity index (χ1v) is 9.26. The highest BCUT2D eigenvalue weighted by atomic mass is 32.1. The standard InChI is InChI=1S/C19H18F3NOS/c1-10-2-7-13-15(8-10)25-18-17(13)14(9-16(24)23-18)11-3-5-12(6-4-11)19(20,21)22/h3-6,10,14H,2,7-9H2,1H3,(H,23,24)/t10-,14-/m1/s1. The first kappa shape index (κ1) is 16.6. The highest BCUT2D eigenvalue weighted by Gasteiger charge is 2.35. The number of amides is 1. The van der Waals surface area contributed by atoms with Crippen LogP contribution in [-0.2, 0) is 23.8 Å². The molecule has 2 aromatic rings. The monoisotopic (exact) mass is 365 g/mol. The van der Waals surface area contributed by atoms with Crippen LogP contribution >= 0.6 is 11.3 Å². The lowest BCUT2D eigenvalue weighted by Crippen LogP contribution is -2.23. The first-order valence-electron chi connectivity index (χ1n) is 8.44. The van der Waals surface area contributed by atoms with Gasteiger partial charge in [-0.05, 0) is 54.0 Å². The van der Waals surface area contributed by atoms with Crippen LogP contribution in [0.3, 0.4) is 0 Å². The lowest BCUT2D eigenvalue weighted by Gasteiger charge is -2.26. The normalized spacial score (nSPS) is 23.0. The van der Waals surface area contributed by atoms with Crippen LogP contribution in [0.15, 0.2) is 24.3 Å². The van der Waals surface area contributed by atoms with E-state index in [1.807, 2.05) is 0 Å². The molecule has 4 rings (SSSR count). The van der Waals surface area contributed by atoms with Crippen molar-refractivity contribution in [3.63, 3.8) is 0 Å². The quantitative estimate of drug-likeness (QED) is 0.724. The van der Waals surface area contributed by atoms with E-state index in [-0.39, 0.29) is 18.2 Å². The lowest BCUT2D eigenvalue weighted by molar-refractivity contribution is -0.137. The van der Waals surface area contributed by atoms with Gasteiger partial charge >= 0.3 is 6.18 Å². The fourth-order valence-corrected chi connectivity index (χ4v) is 5.38. The second-order valence-electron chi connectivity index (χ2n) is 7.02. The van der Waals surface area contributed by atoms with Gasteiger partial charge in [-0.1, -0.05) is 19.1 Å². The fourth-order valence-electron chi connectivity index (χ4n) is 3.89. The summed E-state index contributed by atoms with van der Waals surface area (Å²) in [6.45, 7) is 2.23. The number of thiophene rings is 1. The van der Waals surface area contributed by atoms with E-state index in [1.165, 1.54) is 22.6 Å². The number of hydrogen-bond donors (Lipinski definition) is 1. The van der Waals surface area contributed by atoms with Crippen molar-refractivity contribution in [2.24, 2.45) is 5.92 Å². The highest BCUT2D eigenvalue weighted by molar-refractivity contribution is 7.16. The number of benzene rings is 1. The zero-order chi connectivity index (χ0) is 17.8. The number of carbonyl (C=O) groups excluding carboxylic acids is 1. The second-order valence-corrected chi connectivity index (χ2v) is 8.12. The third kappa shape index (κ3) is 2.97. The fraction of sp³-hybridized carbons (Fsp3) is 0.421. The molecule has 1 aromatic carbocycles. The van der Waals surface area contributed by atoms with Crippen molar-refractivity contribution in [2.45, 2.75) is 44.7 Å². The number of anilines is 1. The maximum Gasteiger partial charge on any atom is 0.416 e. The summed E-state index contributed by atoms with van der Waals surface area (Å²) < 4.78 is 38.4. The minimum atomic E-state index is -4.34. The summed E-state index contributed by atoms with van der Waals surface area (Å²) in [5.74, 6) is 0.413. The van der Waals surface area contributed by atoms with Gasteiger partial charge in [-0.2, -0.15) is 13.2 Å². The average Bonchev–Trinajstić information content (AvgIpc) is 2.90. The number of nitrogens with one attached hydrogen (secondary N) is 1. The minimum absolute atomic E-state index is 0.0657. The van der Waals surface area contributed by atoms with Gasteiger partial charge < -0.3 is 5.32 Å². The van der Waals surface area contributed by atoms with Crippen molar-refractivity contribution in [3.8, 4) is 0 Å². The molecule has 2 aliphatic rings. The van der Waals surface area contributed by atoms with Crippen LogP contribution in [0.25, 0.3) is 0 Å². The van der Waals surface area contributed by atoms with E-state index in [9.17, 15) is 18.0 Å². The maximum absolute atomic E-state index is 12.8. The van der Waals surface area contributed by atoms with Crippen LogP contribution in [0.1, 0.15) is 52.8 Å². The molecule has 1 aromatic heterocycles. The molecular formula is C19H18F3NOS. The largest absolute Gasteiger partial charge is 0.416 e. The molecule has 0 saturated heterocycles. The van der Waals surface area contributed by atoms with Gasteiger partial charge in [-0.15, -0.1) is 11.3 Å². The van der Waals surface area contributed by atoms with Gasteiger partial charge in [-0.3, -0.25) is 4.79 Å². The summed E-state index contributed by atoms with van der Waals surface area (Å²) in [5, 5.41) is 3.86. The average molecular weight is 365 g/mol. The molecule has 0 unspecified atom stereocenters. The predicted octanol–water partition coefficient (Wildman–Crippen LogP) is 5.37. The molecule has 0 radical (unpaired) electrons. The van der Waals surface area contributed by atoms with Crippen molar-refractivity contribution in [1.29, 1.82) is 0 Å². The Balaban J connectivity index is 1.76. The van der Waals surface area contributed by atoms with Gasteiger partial charge in [-0.25, -0.2) is 0 Å². The van der Waals surface area contributed by atoms with Crippen molar-refractivity contribution in [3.05, 3.63) is 51.4 Å². The Labute approximate surface area is 148 Å². The number of fused-ring (bicyclic) bond motifs is 3.